The van der Waals surface area contributed by atoms with Crippen molar-refractivity contribution < 1.29 is 4.74 Å². The first-order valence-corrected chi connectivity index (χ1v) is 5.52. The molecule has 74 valence electrons. The second-order valence-corrected chi connectivity index (χ2v) is 4.34. The molecule has 0 saturated carbocycles. The molecular formula is C10H10ClNOS. The zero-order chi connectivity index (χ0) is 10.1. The third-order valence-electron chi connectivity index (χ3n) is 1.91. The van der Waals surface area contributed by atoms with Crippen molar-refractivity contribution in [3.8, 4) is 5.75 Å². The molecular weight excluding hydrogens is 218 g/mol. The molecule has 0 aliphatic heterocycles. The van der Waals surface area contributed by atoms with Crippen molar-refractivity contribution >= 4 is 38.0 Å². The molecule has 1 aromatic carbocycles. The van der Waals surface area contributed by atoms with E-state index in [-0.39, 0.29) is 0 Å². The minimum Gasteiger partial charge on any atom is -0.492 e. The number of ether oxygens (including phenoxy) is 1. The zero-order valence-electron chi connectivity index (χ0n) is 7.71. The predicted molar refractivity (Wildman–Crippen MR) is 62.4 cm³/mol. The van der Waals surface area contributed by atoms with Gasteiger partial charge in [-0.05, 0) is 30.5 Å². The Morgan fingerprint density at radius 2 is 2.29 bits per heavy atom. The van der Waals surface area contributed by atoms with Crippen LogP contribution in [0.4, 0.5) is 5.00 Å². The fraction of sp³-hybridized carbons (Fsp3) is 0.200. The molecule has 2 aromatic rings. The first kappa shape index (κ1) is 9.62. The zero-order valence-corrected chi connectivity index (χ0v) is 9.28. The molecule has 0 aliphatic carbocycles. The minimum absolute atomic E-state index is 0.617. The standard InChI is InChI=1S/C10H10ClNOS/c1-2-13-7-4-3-6-5-8(12)14-10(6)9(7)11/h3-5H,2,12H2,1H3. The monoisotopic (exact) mass is 227 g/mol. The Morgan fingerprint density at radius 3 is 3.00 bits per heavy atom. The van der Waals surface area contributed by atoms with E-state index in [1.807, 2.05) is 25.1 Å². The van der Waals surface area contributed by atoms with Gasteiger partial charge in [0.05, 0.1) is 16.3 Å². The number of benzene rings is 1. The van der Waals surface area contributed by atoms with Gasteiger partial charge in [0.15, 0.2) is 0 Å². The number of hydrogen-bond acceptors (Lipinski definition) is 3. The summed E-state index contributed by atoms with van der Waals surface area (Å²) in [6.45, 7) is 2.55. The third-order valence-corrected chi connectivity index (χ3v) is 3.39. The summed E-state index contributed by atoms with van der Waals surface area (Å²) >= 11 is 7.65. The Kier molecular flexibility index (Phi) is 2.52. The number of thiophene rings is 1. The maximum Gasteiger partial charge on any atom is 0.139 e. The molecule has 0 aliphatic rings. The molecule has 1 aromatic heterocycles. The fourth-order valence-electron chi connectivity index (χ4n) is 1.34. The molecule has 0 bridgehead atoms. The lowest BCUT2D eigenvalue weighted by molar-refractivity contribution is 0.341. The van der Waals surface area contributed by atoms with Crippen molar-refractivity contribution in [1.82, 2.24) is 0 Å². The number of rotatable bonds is 2. The molecule has 1 heterocycles. The van der Waals surface area contributed by atoms with Crippen molar-refractivity contribution in [2.75, 3.05) is 12.3 Å². The molecule has 0 atom stereocenters. The summed E-state index contributed by atoms with van der Waals surface area (Å²) in [5.74, 6) is 0.725. The molecule has 14 heavy (non-hydrogen) atoms. The van der Waals surface area contributed by atoms with Gasteiger partial charge in [-0.25, -0.2) is 0 Å². The van der Waals surface area contributed by atoms with Crippen molar-refractivity contribution in [2.45, 2.75) is 6.92 Å². The summed E-state index contributed by atoms with van der Waals surface area (Å²) in [7, 11) is 0. The maximum absolute atomic E-state index is 6.16. The number of anilines is 1. The molecule has 4 heteroatoms. The Labute approximate surface area is 91.2 Å². The van der Waals surface area contributed by atoms with E-state index in [9.17, 15) is 0 Å². The van der Waals surface area contributed by atoms with Crippen LogP contribution in [0, 0.1) is 0 Å². The molecule has 0 unspecified atom stereocenters. The van der Waals surface area contributed by atoms with Gasteiger partial charge in [0.1, 0.15) is 10.8 Å². The Hall–Kier alpha value is -0.930. The topological polar surface area (TPSA) is 35.2 Å². The maximum atomic E-state index is 6.16. The van der Waals surface area contributed by atoms with E-state index in [4.69, 9.17) is 22.1 Å². The summed E-state index contributed by atoms with van der Waals surface area (Å²) in [4.78, 5) is 0. The van der Waals surface area contributed by atoms with Gasteiger partial charge in [-0.3, -0.25) is 0 Å². The molecule has 0 fully saturated rings. The number of fused-ring (bicyclic) bond motifs is 1. The second-order valence-electron chi connectivity index (χ2n) is 2.88. The number of halogens is 1. The second kappa shape index (κ2) is 3.67. The molecule has 0 saturated heterocycles. The van der Waals surface area contributed by atoms with Crippen LogP contribution in [-0.2, 0) is 0 Å². The van der Waals surface area contributed by atoms with E-state index in [1.54, 1.807) is 0 Å². The third kappa shape index (κ3) is 1.53. The number of nitrogens with two attached hydrogens (primary N) is 1. The smallest absolute Gasteiger partial charge is 0.139 e. The van der Waals surface area contributed by atoms with Crippen LogP contribution in [0.5, 0.6) is 5.75 Å². The predicted octanol–water partition coefficient (Wildman–Crippen LogP) is 3.54. The van der Waals surface area contributed by atoms with E-state index in [2.05, 4.69) is 0 Å². The van der Waals surface area contributed by atoms with Crippen LogP contribution in [0.15, 0.2) is 18.2 Å². The van der Waals surface area contributed by atoms with Gasteiger partial charge in [-0.15, -0.1) is 11.3 Å². The highest BCUT2D eigenvalue weighted by molar-refractivity contribution is 7.23. The Morgan fingerprint density at radius 1 is 1.50 bits per heavy atom. The number of nitrogen functional groups attached to an aromatic ring is 1. The van der Waals surface area contributed by atoms with Gasteiger partial charge >= 0.3 is 0 Å². The van der Waals surface area contributed by atoms with Gasteiger partial charge in [0, 0.05) is 0 Å². The highest BCUT2D eigenvalue weighted by atomic mass is 35.5. The van der Waals surface area contributed by atoms with E-state index in [0.29, 0.717) is 11.6 Å². The van der Waals surface area contributed by atoms with Crippen molar-refractivity contribution in [1.29, 1.82) is 0 Å². The summed E-state index contributed by atoms with van der Waals surface area (Å²) in [6, 6.07) is 5.76. The van der Waals surface area contributed by atoms with Crippen LogP contribution in [0.2, 0.25) is 5.02 Å². The van der Waals surface area contributed by atoms with E-state index < -0.39 is 0 Å². The molecule has 2 nitrogen and oxygen atoms in total. The first-order chi connectivity index (χ1) is 6.72. The van der Waals surface area contributed by atoms with Crippen molar-refractivity contribution in [2.24, 2.45) is 0 Å². The summed E-state index contributed by atoms with van der Waals surface area (Å²) in [5.41, 5.74) is 5.70. The van der Waals surface area contributed by atoms with Gasteiger partial charge < -0.3 is 10.5 Å². The minimum atomic E-state index is 0.617. The molecule has 0 spiro atoms. The van der Waals surface area contributed by atoms with Gasteiger partial charge in [0.2, 0.25) is 0 Å². The van der Waals surface area contributed by atoms with E-state index in [1.165, 1.54) is 11.3 Å². The van der Waals surface area contributed by atoms with E-state index >= 15 is 0 Å². The lowest BCUT2D eigenvalue weighted by Gasteiger charge is -2.05. The Balaban J connectivity index is 2.61. The molecule has 0 amide bonds. The van der Waals surface area contributed by atoms with Crippen LogP contribution in [0.1, 0.15) is 6.92 Å². The highest BCUT2D eigenvalue weighted by Crippen LogP contribution is 2.38. The number of hydrogen-bond donors (Lipinski definition) is 1. The van der Waals surface area contributed by atoms with Gasteiger partial charge in [-0.1, -0.05) is 11.6 Å². The summed E-state index contributed by atoms with van der Waals surface area (Å²) < 4.78 is 6.38. The van der Waals surface area contributed by atoms with Crippen molar-refractivity contribution in [3.63, 3.8) is 0 Å². The lowest BCUT2D eigenvalue weighted by atomic mass is 10.2. The van der Waals surface area contributed by atoms with Crippen LogP contribution >= 0.6 is 22.9 Å². The van der Waals surface area contributed by atoms with Crippen molar-refractivity contribution in [3.05, 3.63) is 23.2 Å². The quantitative estimate of drug-likeness (QED) is 0.852. The SMILES string of the molecule is CCOc1ccc2cc(N)sc2c1Cl. The first-order valence-electron chi connectivity index (χ1n) is 4.32. The average Bonchev–Trinajstić information content (AvgIpc) is 2.52. The van der Waals surface area contributed by atoms with Gasteiger partial charge in [-0.2, -0.15) is 0 Å². The van der Waals surface area contributed by atoms with Crippen LogP contribution in [0.3, 0.4) is 0 Å². The lowest BCUT2D eigenvalue weighted by Crippen LogP contribution is -1.91. The normalized spacial score (nSPS) is 10.7. The largest absolute Gasteiger partial charge is 0.492 e. The van der Waals surface area contributed by atoms with Crippen LogP contribution in [-0.4, -0.2) is 6.61 Å². The fourth-order valence-corrected chi connectivity index (χ4v) is 2.54. The molecule has 0 radical (unpaired) electrons. The van der Waals surface area contributed by atoms with Crippen LogP contribution in [0.25, 0.3) is 10.1 Å². The summed E-state index contributed by atoms with van der Waals surface area (Å²) in [5, 5.41) is 2.50. The molecule has 2 N–H and O–H groups in total. The molecule has 2 rings (SSSR count). The van der Waals surface area contributed by atoms with Crippen LogP contribution < -0.4 is 10.5 Å². The van der Waals surface area contributed by atoms with Gasteiger partial charge in [0.25, 0.3) is 0 Å². The Bertz CT molecular complexity index is 466. The summed E-state index contributed by atoms with van der Waals surface area (Å²) in [6.07, 6.45) is 0. The highest BCUT2D eigenvalue weighted by Gasteiger charge is 2.08. The average molecular weight is 228 g/mol. The van der Waals surface area contributed by atoms with E-state index in [0.717, 1.165) is 20.8 Å².